The van der Waals surface area contributed by atoms with E-state index in [2.05, 4.69) is 27.5 Å². The SMILES string of the molecule is CSC1(CNC(=O)c2ccc(Br)c(Cl)c2)CCC1. The van der Waals surface area contributed by atoms with E-state index in [4.69, 9.17) is 11.6 Å². The molecule has 0 aromatic heterocycles. The summed E-state index contributed by atoms with van der Waals surface area (Å²) in [5.74, 6) is -0.0512. The van der Waals surface area contributed by atoms with Crippen molar-refractivity contribution in [2.75, 3.05) is 12.8 Å². The minimum absolute atomic E-state index is 0.0512. The molecule has 0 unspecified atom stereocenters. The standard InChI is InChI=1S/C13H15BrClNOS/c1-18-13(5-2-6-13)8-16-12(17)9-3-4-10(14)11(15)7-9/h3-4,7H,2,5-6,8H2,1H3,(H,16,17). The van der Waals surface area contributed by atoms with Gasteiger partial charge in [0.1, 0.15) is 0 Å². The van der Waals surface area contributed by atoms with Gasteiger partial charge < -0.3 is 5.32 Å². The molecule has 0 aliphatic heterocycles. The minimum Gasteiger partial charge on any atom is -0.351 e. The lowest BCUT2D eigenvalue weighted by molar-refractivity contribution is 0.0944. The van der Waals surface area contributed by atoms with Gasteiger partial charge in [0.15, 0.2) is 0 Å². The number of carbonyl (C=O) groups excluding carboxylic acids is 1. The van der Waals surface area contributed by atoms with Crippen LogP contribution in [0.5, 0.6) is 0 Å². The average molecular weight is 349 g/mol. The summed E-state index contributed by atoms with van der Waals surface area (Å²) in [6.45, 7) is 0.737. The number of nitrogens with one attached hydrogen (secondary N) is 1. The Morgan fingerprint density at radius 2 is 2.28 bits per heavy atom. The second kappa shape index (κ2) is 5.85. The Kier molecular flexibility index (Phi) is 4.62. The highest BCUT2D eigenvalue weighted by Gasteiger charge is 2.36. The maximum atomic E-state index is 12.0. The van der Waals surface area contributed by atoms with E-state index in [0.29, 0.717) is 10.6 Å². The molecule has 0 bridgehead atoms. The van der Waals surface area contributed by atoms with E-state index < -0.39 is 0 Å². The molecule has 2 rings (SSSR count). The predicted octanol–water partition coefficient (Wildman–Crippen LogP) is 4.12. The molecule has 1 N–H and O–H groups in total. The molecule has 0 heterocycles. The van der Waals surface area contributed by atoms with Crippen LogP contribution in [0.1, 0.15) is 29.6 Å². The number of hydrogen-bond acceptors (Lipinski definition) is 2. The summed E-state index contributed by atoms with van der Waals surface area (Å²) in [7, 11) is 0. The Hall–Kier alpha value is -0.190. The van der Waals surface area contributed by atoms with Crippen LogP contribution in [0.3, 0.4) is 0 Å². The van der Waals surface area contributed by atoms with Gasteiger partial charge in [0.05, 0.1) is 5.02 Å². The van der Waals surface area contributed by atoms with Crippen LogP contribution in [0.25, 0.3) is 0 Å². The first-order valence-electron chi connectivity index (χ1n) is 5.85. The first kappa shape index (κ1) is 14.2. The Morgan fingerprint density at radius 1 is 1.56 bits per heavy atom. The zero-order chi connectivity index (χ0) is 13.2. The molecule has 1 amide bonds. The summed E-state index contributed by atoms with van der Waals surface area (Å²) < 4.78 is 1.06. The Labute approximate surface area is 125 Å². The number of halogens is 2. The van der Waals surface area contributed by atoms with E-state index in [-0.39, 0.29) is 10.7 Å². The molecular weight excluding hydrogens is 334 g/mol. The second-order valence-corrected chi connectivity index (χ2v) is 7.09. The van der Waals surface area contributed by atoms with E-state index in [9.17, 15) is 4.79 Å². The maximum Gasteiger partial charge on any atom is 0.251 e. The molecule has 1 aromatic rings. The lowest BCUT2D eigenvalue weighted by Crippen LogP contribution is -2.45. The Balaban J connectivity index is 1.97. The maximum absolute atomic E-state index is 12.0. The van der Waals surface area contributed by atoms with Gasteiger partial charge in [-0.2, -0.15) is 11.8 Å². The summed E-state index contributed by atoms with van der Waals surface area (Å²) >= 11 is 11.2. The Bertz CT molecular complexity index is 457. The van der Waals surface area contributed by atoms with Crippen LogP contribution in [0, 0.1) is 0 Å². The van der Waals surface area contributed by atoms with Crippen molar-refractivity contribution < 1.29 is 4.79 Å². The average Bonchev–Trinajstić information content (AvgIpc) is 2.31. The minimum atomic E-state index is -0.0512. The number of benzene rings is 1. The van der Waals surface area contributed by atoms with Crippen LogP contribution >= 0.6 is 39.3 Å². The highest BCUT2D eigenvalue weighted by Crippen LogP contribution is 2.42. The number of thioether (sulfide) groups is 1. The van der Waals surface area contributed by atoms with Crippen LogP contribution in [0.2, 0.25) is 5.02 Å². The van der Waals surface area contributed by atoms with Gasteiger partial charge in [-0.25, -0.2) is 0 Å². The molecule has 1 aliphatic rings. The lowest BCUT2D eigenvalue weighted by atomic mass is 9.84. The summed E-state index contributed by atoms with van der Waals surface area (Å²) in [4.78, 5) is 12.0. The van der Waals surface area contributed by atoms with E-state index in [1.165, 1.54) is 19.3 Å². The van der Waals surface area contributed by atoms with Crippen molar-refractivity contribution >= 4 is 45.2 Å². The summed E-state index contributed by atoms with van der Waals surface area (Å²) in [5, 5.41) is 3.57. The fourth-order valence-corrected chi connectivity index (χ4v) is 3.35. The van der Waals surface area contributed by atoms with Crippen molar-refractivity contribution in [1.82, 2.24) is 5.32 Å². The third-order valence-electron chi connectivity index (χ3n) is 3.45. The van der Waals surface area contributed by atoms with Crippen molar-refractivity contribution in [3.63, 3.8) is 0 Å². The molecule has 1 saturated carbocycles. The van der Waals surface area contributed by atoms with Gasteiger partial charge in [-0.05, 0) is 53.2 Å². The highest BCUT2D eigenvalue weighted by atomic mass is 79.9. The molecule has 0 spiro atoms. The topological polar surface area (TPSA) is 29.1 Å². The van der Waals surface area contributed by atoms with Crippen molar-refractivity contribution in [3.05, 3.63) is 33.3 Å². The molecule has 0 saturated heterocycles. The first-order chi connectivity index (χ1) is 8.56. The molecule has 0 atom stereocenters. The Morgan fingerprint density at radius 3 is 2.78 bits per heavy atom. The van der Waals surface area contributed by atoms with Crippen LogP contribution in [0.15, 0.2) is 22.7 Å². The molecule has 1 aromatic carbocycles. The van der Waals surface area contributed by atoms with Crippen molar-refractivity contribution in [1.29, 1.82) is 0 Å². The van der Waals surface area contributed by atoms with Gasteiger partial charge in [0.25, 0.3) is 5.91 Å². The molecule has 5 heteroatoms. The molecule has 2 nitrogen and oxygen atoms in total. The molecule has 0 radical (unpaired) electrons. The predicted molar refractivity (Wildman–Crippen MR) is 81.6 cm³/mol. The van der Waals surface area contributed by atoms with Gasteiger partial charge in [-0.1, -0.05) is 18.0 Å². The fraction of sp³-hybridized carbons (Fsp3) is 0.462. The zero-order valence-electron chi connectivity index (χ0n) is 10.1. The highest BCUT2D eigenvalue weighted by molar-refractivity contribution is 9.10. The zero-order valence-corrected chi connectivity index (χ0v) is 13.3. The van der Waals surface area contributed by atoms with E-state index in [1.54, 1.807) is 18.2 Å². The summed E-state index contributed by atoms with van der Waals surface area (Å²) in [5.41, 5.74) is 0.610. The molecule has 1 aliphatic carbocycles. The van der Waals surface area contributed by atoms with Crippen LogP contribution < -0.4 is 5.32 Å². The monoisotopic (exact) mass is 347 g/mol. The largest absolute Gasteiger partial charge is 0.351 e. The number of hydrogen-bond donors (Lipinski definition) is 1. The van der Waals surface area contributed by atoms with Gasteiger partial charge in [-0.3, -0.25) is 4.79 Å². The van der Waals surface area contributed by atoms with Crippen LogP contribution in [-0.2, 0) is 0 Å². The normalized spacial score (nSPS) is 17.1. The van der Waals surface area contributed by atoms with E-state index >= 15 is 0 Å². The second-order valence-electron chi connectivity index (χ2n) is 4.55. The quantitative estimate of drug-likeness (QED) is 0.887. The smallest absolute Gasteiger partial charge is 0.251 e. The van der Waals surface area contributed by atoms with Crippen LogP contribution in [0.4, 0.5) is 0 Å². The van der Waals surface area contributed by atoms with Crippen molar-refractivity contribution in [2.45, 2.75) is 24.0 Å². The number of rotatable bonds is 4. The number of carbonyl (C=O) groups is 1. The summed E-state index contributed by atoms with van der Waals surface area (Å²) in [6.07, 6.45) is 5.76. The summed E-state index contributed by atoms with van der Waals surface area (Å²) in [6, 6.07) is 5.26. The van der Waals surface area contributed by atoms with Crippen LogP contribution in [-0.4, -0.2) is 23.5 Å². The van der Waals surface area contributed by atoms with Gasteiger partial charge >= 0.3 is 0 Å². The molecule has 98 valence electrons. The van der Waals surface area contributed by atoms with Crippen molar-refractivity contribution in [2.24, 2.45) is 0 Å². The third-order valence-corrected chi connectivity index (χ3v) is 6.10. The molecular formula is C13H15BrClNOS. The molecule has 1 fully saturated rings. The fourth-order valence-electron chi connectivity index (χ4n) is 2.00. The molecule has 18 heavy (non-hydrogen) atoms. The van der Waals surface area contributed by atoms with Crippen molar-refractivity contribution in [3.8, 4) is 0 Å². The third kappa shape index (κ3) is 3.03. The first-order valence-corrected chi connectivity index (χ1v) is 8.24. The lowest BCUT2D eigenvalue weighted by Gasteiger charge is -2.40. The van der Waals surface area contributed by atoms with E-state index in [0.717, 1.165) is 11.0 Å². The van der Waals surface area contributed by atoms with Gasteiger partial charge in [0, 0.05) is 21.3 Å². The van der Waals surface area contributed by atoms with Gasteiger partial charge in [-0.15, -0.1) is 0 Å². The number of amides is 1. The van der Waals surface area contributed by atoms with Gasteiger partial charge in [0.2, 0.25) is 0 Å². The van der Waals surface area contributed by atoms with E-state index in [1.807, 2.05) is 11.8 Å².